The molecule has 0 aliphatic carbocycles. The van der Waals surface area contributed by atoms with Crippen LogP contribution in [0.15, 0.2) is 0 Å². The predicted octanol–water partition coefficient (Wildman–Crippen LogP) is -2.44. The summed E-state index contributed by atoms with van der Waals surface area (Å²) in [7, 11) is 1.70. The molecule has 0 fully saturated rings. The van der Waals surface area contributed by atoms with Gasteiger partial charge in [0.15, 0.2) is 0 Å². The number of rotatable bonds is 11. The summed E-state index contributed by atoms with van der Waals surface area (Å²) in [4.78, 5) is 13.0. The SMILES string of the molecule is CN[C@@H](CCN(CC(O)CO)CC(O)CO)C(C)=O. The molecule has 0 aliphatic rings. The number of aliphatic hydroxyl groups is 4. The lowest BCUT2D eigenvalue weighted by atomic mass is 10.1. The van der Waals surface area contributed by atoms with Crippen LogP contribution in [0.3, 0.4) is 0 Å². The fraction of sp³-hybridized carbons (Fsp3) is 0.917. The smallest absolute Gasteiger partial charge is 0.146 e. The number of hydrogen-bond acceptors (Lipinski definition) is 7. The molecule has 5 N–H and O–H groups in total. The molecule has 7 nitrogen and oxygen atoms in total. The molecule has 0 aromatic heterocycles. The minimum atomic E-state index is -0.906. The molecule has 7 heteroatoms. The molecule has 0 radical (unpaired) electrons. The van der Waals surface area contributed by atoms with Gasteiger partial charge in [0.2, 0.25) is 0 Å². The molecule has 0 saturated carbocycles. The summed E-state index contributed by atoms with van der Waals surface area (Å²) in [6.07, 6.45) is -1.28. The molecule has 0 heterocycles. The van der Waals surface area contributed by atoms with E-state index in [9.17, 15) is 15.0 Å². The Morgan fingerprint density at radius 3 is 1.95 bits per heavy atom. The van der Waals surface area contributed by atoms with Gasteiger partial charge in [-0.3, -0.25) is 9.69 Å². The van der Waals surface area contributed by atoms with Gasteiger partial charge in [0.1, 0.15) is 5.78 Å². The first-order chi connectivity index (χ1) is 8.94. The number of ketones is 1. The average molecular weight is 278 g/mol. The standard InChI is InChI=1S/C12H26N2O5/c1-9(17)12(13-2)3-4-14(5-10(18)7-15)6-11(19)8-16/h10-13,15-16,18-19H,3-8H2,1-2H3/t10?,11?,12-/m0/s1. The van der Waals surface area contributed by atoms with Gasteiger partial charge >= 0.3 is 0 Å². The number of hydrogen-bond donors (Lipinski definition) is 5. The monoisotopic (exact) mass is 278 g/mol. The van der Waals surface area contributed by atoms with Crippen LogP contribution in [0.1, 0.15) is 13.3 Å². The highest BCUT2D eigenvalue weighted by molar-refractivity contribution is 5.81. The molecule has 2 unspecified atom stereocenters. The van der Waals surface area contributed by atoms with E-state index in [1.807, 2.05) is 0 Å². The molecular weight excluding hydrogens is 252 g/mol. The topological polar surface area (TPSA) is 113 Å². The van der Waals surface area contributed by atoms with Gasteiger partial charge in [-0.25, -0.2) is 0 Å². The molecule has 114 valence electrons. The van der Waals surface area contributed by atoms with E-state index in [-0.39, 0.29) is 38.1 Å². The number of carbonyl (C=O) groups is 1. The number of likely N-dealkylation sites (N-methyl/N-ethyl adjacent to an activating group) is 1. The molecule has 0 spiro atoms. The normalized spacial score (nSPS) is 16.4. The van der Waals surface area contributed by atoms with Gasteiger partial charge in [0.05, 0.1) is 31.5 Å². The Balaban J connectivity index is 4.35. The van der Waals surface area contributed by atoms with Crippen molar-refractivity contribution in [3.8, 4) is 0 Å². The van der Waals surface area contributed by atoms with Crippen molar-refractivity contribution in [2.24, 2.45) is 0 Å². The summed E-state index contributed by atoms with van der Waals surface area (Å²) in [6, 6.07) is -0.278. The summed E-state index contributed by atoms with van der Waals surface area (Å²) in [6.45, 7) is 1.60. The van der Waals surface area contributed by atoms with Gasteiger partial charge in [0, 0.05) is 19.6 Å². The Hall–Kier alpha value is -0.570. The molecule has 0 aromatic rings. The summed E-state index contributed by atoms with van der Waals surface area (Å²) in [5, 5.41) is 39.4. The van der Waals surface area contributed by atoms with Gasteiger partial charge in [0.25, 0.3) is 0 Å². The van der Waals surface area contributed by atoms with E-state index in [1.54, 1.807) is 11.9 Å². The predicted molar refractivity (Wildman–Crippen MR) is 70.8 cm³/mol. The lowest BCUT2D eigenvalue weighted by Gasteiger charge is -2.27. The van der Waals surface area contributed by atoms with Crippen LogP contribution in [0.25, 0.3) is 0 Å². The highest BCUT2D eigenvalue weighted by atomic mass is 16.3. The quantitative estimate of drug-likeness (QED) is 0.285. The molecule has 19 heavy (non-hydrogen) atoms. The largest absolute Gasteiger partial charge is 0.394 e. The zero-order valence-corrected chi connectivity index (χ0v) is 11.6. The molecule has 3 atom stereocenters. The van der Waals surface area contributed by atoms with Crippen molar-refractivity contribution in [3.05, 3.63) is 0 Å². The third-order valence-corrected chi connectivity index (χ3v) is 2.93. The molecule has 0 amide bonds. The second-order valence-electron chi connectivity index (χ2n) is 4.67. The zero-order valence-electron chi connectivity index (χ0n) is 11.6. The average Bonchev–Trinajstić information content (AvgIpc) is 2.38. The number of carbonyl (C=O) groups excluding carboxylic acids is 1. The Labute approximate surface area is 113 Å². The first-order valence-corrected chi connectivity index (χ1v) is 6.42. The fourth-order valence-electron chi connectivity index (χ4n) is 1.83. The Morgan fingerprint density at radius 2 is 1.63 bits per heavy atom. The van der Waals surface area contributed by atoms with Crippen molar-refractivity contribution in [2.75, 3.05) is 39.9 Å². The molecule has 0 aromatic carbocycles. The lowest BCUT2D eigenvalue weighted by molar-refractivity contribution is -0.119. The minimum absolute atomic E-state index is 0.0212. The number of nitrogens with one attached hydrogen (secondary N) is 1. The van der Waals surface area contributed by atoms with Crippen LogP contribution in [0.4, 0.5) is 0 Å². The van der Waals surface area contributed by atoms with E-state index in [4.69, 9.17) is 10.2 Å². The van der Waals surface area contributed by atoms with E-state index < -0.39 is 12.2 Å². The first-order valence-electron chi connectivity index (χ1n) is 6.42. The van der Waals surface area contributed by atoms with E-state index in [1.165, 1.54) is 6.92 Å². The number of nitrogens with zero attached hydrogens (tertiary/aromatic N) is 1. The van der Waals surface area contributed by atoms with Crippen molar-refractivity contribution in [2.45, 2.75) is 31.6 Å². The summed E-state index contributed by atoms with van der Waals surface area (Å²) in [5.74, 6) is 0.0212. The van der Waals surface area contributed by atoms with E-state index in [0.29, 0.717) is 13.0 Å². The first kappa shape index (κ1) is 18.4. The highest BCUT2D eigenvalue weighted by Crippen LogP contribution is 2.01. The van der Waals surface area contributed by atoms with E-state index in [2.05, 4.69) is 5.32 Å². The van der Waals surface area contributed by atoms with Gasteiger partial charge in [-0.05, 0) is 20.4 Å². The van der Waals surface area contributed by atoms with Crippen molar-refractivity contribution in [3.63, 3.8) is 0 Å². The maximum Gasteiger partial charge on any atom is 0.146 e. The molecule has 0 rings (SSSR count). The van der Waals surface area contributed by atoms with Crippen LogP contribution in [0.5, 0.6) is 0 Å². The maximum atomic E-state index is 11.3. The van der Waals surface area contributed by atoms with Crippen molar-refractivity contribution < 1.29 is 25.2 Å². The Bertz CT molecular complexity index is 240. The van der Waals surface area contributed by atoms with Gasteiger partial charge < -0.3 is 25.7 Å². The van der Waals surface area contributed by atoms with E-state index >= 15 is 0 Å². The highest BCUT2D eigenvalue weighted by Gasteiger charge is 2.18. The fourth-order valence-corrected chi connectivity index (χ4v) is 1.83. The lowest BCUT2D eigenvalue weighted by Crippen LogP contribution is -2.43. The molecule has 0 bridgehead atoms. The third kappa shape index (κ3) is 8.25. The second-order valence-corrected chi connectivity index (χ2v) is 4.67. The van der Waals surface area contributed by atoms with Crippen LogP contribution in [-0.4, -0.2) is 89.3 Å². The third-order valence-electron chi connectivity index (χ3n) is 2.93. The van der Waals surface area contributed by atoms with Crippen LogP contribution in [-0.2, 0) is 4.79 Å². The van der Waals surface area contributed by atoms with E-state index in [0.717, 1.165) is 0 Å². The van der Waals surface area contributed by atoms with Crippen molar-refractivity contribution in [1.82, 2.24) is 10.2 Å². The van der Waals surface area contributed by atoms with Gasteiger partial charge in [-0.2, -0.15) is 0 Å². The molecule has 0 aliphatic heterocycles. The number of Topliss-reactive ketones (excluding diaryl/α,β-unsaturated/α-hetero) is 1. The zero-order chi connectivity index (χ0) is 14.8. The minimum Gasteiger partial charge on any atom is -0.394 e. The molecule has 0 saturated heterocycles. The van der Waals surface area contributed by atoms with Crippen LogP contribution < -0.4 is 5.32 Å². The maximum absolute atomic E-state index is 11.3. The number of aliphatic hydroxyl groups excluding tert-OH is 4. The van der Waals surface area contributed by atoms with Crippen molar-refractivity contribution >= 4 is 5.78 Å². The summed E-state index contributed by atoms with van der Waals surface area (Å²) < 4.78 is 0. The van der Waals surface area contributed by atoms with Crippen LogP contribution in [0, 0.1) is 0 Å². The van der Waals surface area contributed by atoms with Crippen LogP contribution in [0.2, 0.25) is 0 Å². The summed E-state index contributed by atoms with van der Waals surface area (Å²) in [5.41, 5.74) is 0. The Kier molecular flexibility index (Phi) is 9.94. The van der Waals surface area contributed by atoms with Gasteiger partial charge in [-0.1, -0.05) is 0 Å². The summed E-state index contributed by atoms with van der Waals surface area (Å²) >= 11 is 0. The second kappa shape index (κ2) is 10.2. The Morgan fingerprint density at radius 1 is 1.16 bits per heavy atom. The van der Waals surface area contributed by atoms with Crippen molar-refractivity contribution in [1.29, 1.82) is 0 Å². The van der Waals surface area contributed by atoms with Gasteiger partial charge in [-0.15, -0.1) is 0 Å². The molecular formula is C12H26N2O5. The van der Waals surface area contributed by atoms with Crippen LogP contribution >= 0.6 is 0 Å².